The van der Waals surface area contributed by atoms with Crippen molar-refractivity contribution in [1.29, 1.82) is 0 Å². The highest BCUT2D eigenvalue weighted by Crippen LogP contribution is 2.40. The molecule has 3 nitrogen and oxygen atoms in total. The summed E-state index contributed by atoms with van der Waals surface area (Å²) in [4.78, 5) is 0. The van der Waals surface area contributed by atoms with Gasteiger partial charge in [-0.3, -0.25) is 0 Å². The van der Waals surface area contributed by atoms with Crippen molar-refractivity contribution in [2.75, 3.05) is 0 Å². The molecular weight excluding hydrogens is 298 g/mol. The SMILES string of the molecule is Cc1ccc2c(oc3c4ccccc4oc23)c1-c1cccc[n+]1C. The first-order valence-corrected chi connectivity index (χ1v) is 8.02. The lowest BCUT2D eigenvalue weighted by atomic mass is 10.0. The van der Waals surface area contributed by atoms with E-state index in [1.165, 1.54) is 5.56 Å². The highest BCUT2D eigenvalue weighted by molar-refractivity contribution is 6.15. The minimum atomic E-state index is 0.825. The Hall–Kier alpha value is -3.07. The third kappa shape index (κ3) is 1.69. The summed E-state index contributed by atoms with van der Waals surface area (Å²) in [6.45, 7) is 2.12. The normalized spacial score (nSPS) is 11.8. The molecular formula is C21H16NO2+. The molecule has 0 aliphatic carbocycles. The van der Waals surface area contributed by atoms with Gasteiger partial charge in [0, 0.05) is 12.1 Å². The van der Waals surface area contributed by atoms with Gasteiger partial charge in [-0.15, -0.1) is 0 Å². The van der Waals surface area contributed by atoms with Crippen LogP contribution < -0.4 is 4.57 Å². The number of pyridine rings is 1. The van der Waals surface area contributed by atoms with Gasteiger partial charge in [0.05, 0.1) is 16.3 Å². The molecule has 0 spiro atoms. The van der Waals surface area contributed by atoms with E-state index in [1.807, 2.05) is 30.3 Å². The van der Waals surface area contributed by atoms with Gasteiger partial charge in [-0.1, -0.05) is 18.2 Å². The first kappa shape index (κ1) is 13.4. The molecule has 0 radical (unpaired) electrons. The summed E-state index contributed by atoms with van der Waals surface area (Å²) in [5.41, 5.74) is 6.83. The number of hydrogen-bond acceptors (Lipinski definition) is 2. The summed E-state index contributed by atoms with van der Waals surface area (Å²) in [6.07, 6.45) is 2.05. The largest absolute Gasteiger partial charge is 0.452 e. The van der Waals surface area contributed by atoms with Crippen LogP contribution in [0.15, 0.2) is 69.6 Å². The van der Waals surface area contributed by atoms with Crippen molar-refractivity contribution in [2.24, 2.45) is 7.05 Å². The number of aryl methyl sites for hydroxylation is 2. The number of para-hydroxylation sites is 1. The first-order valence-electron chi connectivity index (χ1n) is 8.02. The van der Waals surface area contributed by atoms with Gasteiger partial charge in [0.1, 0.15) is 12.6 Å². The molecule has 3 heterocycles. The summed E-state index contributed by atoms with van der Waals surface area (Å²) >= 11 is 0. The van der Waals surface area contributed by atoms with Gasteiger partial charge < -0.3 is 8.83 Å². The van der Waals surface area contributed by atoms with Crippen LogP contribution in [0.1, 0.15) is 5.56 Å². The van der Waals surface area contributed by atoms with E-state index in [0.717, 1.165) is 44.4 Å². The van der Waals surface area contributed by atoms with Crippen LogP contribution in [0.2, 0.25) is 0 Å². The van der Waals surface area contributed by atoms with Crippen LogP contribution in [0.25, 0.3) is 44.4 Å². The zero-order chi connectivity index (χ0) is 16.3. The van der Waals surface area contributed by atoms with Crippen LogP contribution in [0.4, 0.5) is 0 Å². The predicted molar refractivity (Wildman–Crippen MR) is 94.8 cm³/mol. The molecule has 0 aliphatic heterocycles. The second kappa shape index (κ2) is 4.71. The van der Waals surface area contributed by atoms with E-state index >= 15 is 0 Å². The second-order valence-electron chi connectivity index (χ2n) is 6.19. The average molecular weight is 314 g/mol. The third-order valence-electron chi connectivity index (χ3n) is 4.68. The van der Waals surface area contributed by atoms with E-state index in [1.54, 1.807) is 0 Å². The Balaban J connectivity index is 1.96. The first-order chi connectivity index (χ1) is 11.7. The Morgan fingerprint density at radius 1 is 0.750 bits per heavy atom. The third-order valence-corrected chi connectivity index (χ3v) is 4.68. The number of furan rings is 2. The summed E-state index contributed by atoms with van der Waals surface area (Å²) in [5.74, 6) is 0. The maximum absolute atomic E-state index is 6.32. The zero-order valence-electron chi connectivity index (χ0n) is 13.5. The van der Waals surface area contributed by atoms with Crippen LogP contribution >= 0.6 is 0 Å². The smallest absolute Gasteiger partial charge is 0.216 e. The van der Waals surface area contributed by atoms with Gasteiger partial charge in [0.15, 0.2) is 22.9 Å². The number of benzene rings is 2. The van der Waals surface area contributed by atoms with Crippen LogP contribution in [-0.4, -0.2) is 0 Å². The average Bonchev–Trinajstić information content (AvgIpc) is 3.12. The Morgan fingerprint density at radius 3 is 2.42 bits per heavy atom. The lowest BCUT2D eigenvalue weighted by Gasteiger charge is -2.04. The Morgan fingerprint density at radius 2 is 1.54 bits per heavy atom. The van der Waals surface area contributed by atoms with Crippen molar-refractivity contribution in [3.8, 4) is 11.3 Å². The number of rotatable bonds is 1. The molecule has 0 atom stereocenters. The zero-order valence-corrected chi connectivity index (χ0v) is 13.5. The topological polar surface area (TPSA) is 30.2 Å². The molecule has 0 aliphatic rings. The van der Waals surface area contributed by atoms with Crippen LogP contribution in [0.3, 0.4) is 0 Å². The van der Waals surface area contributed by atoms with Gasteiger partial charge in [0.25, 0.3) is 0 Å². The fourth-order valence-electron chi connectivity index (χ4n) is 3.47. The highest BCUT2D eigenvalue weighted by atomic mass is 16.4. The molecule has 116 valence electrons. The molecule has 5 aromatic rings. The van der Waals surface area contributed by atoms with Gasteiger partial charge >= 0.3 is 0 Å². The van der Waals surface area contributed by atoms with Crippen LogP contribution in [0.5, 0.6) is 0 Å². The molecule has 0 bridgehead atoms. The number of hydrogen-bond donors (Lipinski definition) is 0. The Bertz CT molecular complexity index is 1230. The van der Waals surface area contributed by atoms with E-state index < -0.39 is 0 Å². The fourth-order valence-corrected chi connectivity index (χ4v) is 3.47. The maximum Gasteiger partial charge on any atom is 0.216 e. The quantitative estimate of drug-likeness (QED) is 0.401. The Labute approximate surface area is 138 Å². The van der Waals surface area contributed by atoms with Crippen molar-refractivity contribution < 1.29 is 13.4 Å². The molecule has 3 heteroatoms. The lowest BCUT2D eigenvalue weighted by molar-refractivity contribution is -0.660. The molecule has 0 N–H and O–H groups in total. The van der Waals surface area contributed by atoms with Gasteiger partial charge in [0.2, 0.25) is 5.69 Å². The summed E-state index contributed by atoms with van der Waals surface area (Å²) in [6, 6.07) is 18.4. The van der Waals surface area contributed by atoms with Gasteiger partial charge in [-0.25, -0.2) is 4.57 Å². The minimum absolute atomic E-state index is 0.825. The predicted octanol–water partition coefficient (Wildman–Crippen LogP) is 5.13. The maximum atomic E-state index is 6.32. The summed E-state index contributed by atoms with van der Waals surface area (Å²) < 4.78 is 14.5. The van der Waals surface area contributed by atoms with E-state index in [-0.39, 0.29) is 0 Å². The monoisotopic (exact) mass is 314 g/mol. The van der Waals surface area contributed by atoms with Gasteiger partial charge in [-0.05, 0) is 36.8 Å². The van der Waals surface area contributed by atoms with Crippen molar-refractivity contribution in [1.82, 2.24) is 0 Å². The molecule has 0 amide bonds. The molecule has 0 saturated carbocycles. The minimum Gasteiger partial charge on any atom is -0.452 e. The molecule has 3 aromatic heterocycles. The van der Waals surface area contributed by atoms with E-state index in [2.05, 4.69) is 49.0 Å². The number of nitrogens with zero attached hydrogens (tertiary/aromatic N) is 1. The fraction of sp³-hybridized carbons (Fsp3) is 0.0952. The van der Waals surface area contributed by atoms with Gasteiger partial charge in [-0.2, -0.15) is 0 Å². The van der Waals surface area contributed by atoms with Crippen LogP contribution in [0, 0.1) is 6.92 Å². The Kier molecular flexibility index (Phi) is 2.63. The second-order valence-corrected chi connectivity index (χ2v) is 6.19. The van der Waals surface area contributed by atoms with Crippen molar-refractivity contribution in [3.05, 3.63) is 66.4 Å². The molecule has 0 saturated heterocycles. The van der Waals surface area contributed by atoms with Crippen molar-refractivity contribution in [2.45, 2.75) is 6.92 Å². The van der Waals surface area contributed by atoms with Crippen molar-refractivity contribution in [3.63, 3.8) is 0 Å². The molecule has 24 heavy (non-hydrogen) atoms. The van der Waals surface area contributed by atoms with Crippen molar-refractivity contribution >= 4 is 33.1 Å². The molecule has 2 aromatic carbocycles. The highest BCUT2D eigenvalue weighted by Gasteiger charge is 2.22. The van der Waals surface area contributed by atoms with E-state index in [9.17, 15) is 0 Å². The van der Waals surface area contributed by atoms with E-state index in [4.69, 9.17) is 8.83 Å². The summed E-state index contributed by atoms with van der Waals surface area (Å²) in [5, 5.41) is 2.04. The standard InChI is InChI=1S/C21H16NO2/c1-13-10-11-15-19(18(13)16-8-5-6-12-22(16)2)24-20-14-7-3-4-9-17(14)23-21(15)20/h3-12H,1-2H3/q+1. The molecule has 0 fully saturated rings. The number of aromatic nitrogens is 1. The van der Waals surface area contributed by atoms with E-state index in [0.29, 0.717) is 0 Å². The molecule has 0 unspecified atom stereocenters. The number of fused-ring (bicyclic) bond motifs is 5. The van der Waals surface area contributed by atoms with Crippen LogP contribution in [-0.2, 0) is 7.05 Å². The molecule has 5 rings (SSSR count). The lowest BCUT2D eigenvalue weighted by Crippen LogP contribution is -2.30. The summed E-state index contributed by atoms with van der Waals surface area (Å²) in [7, 11) is 2.05.